The molecule has 0 fully saturated rings. The van der Waals surface area contributed by atoms with Gasteiger partial charge in [0.05, 0.1) is 23.9 Å². The Hall–Kier alpha value is -3.84. The summed E-state index contributed by atoms with van der Waals surface area (Å²) in [5, 5.41) is 10.8. The molecular formula is C22H25FN8O3S. The monoisotopic (exact) mass is 500 g/mol. The molecule has 0 unspecified atom stereocenters. The largest absolute Gasteiger partial charge is 0.497 e. The van der Waals surface area contributed by atoms with Crippen LogP contribution in [0, 0.1) is 12.7 Å². The van der Waals surface area contributed by atoms with E-state index in [1.165, 1.54) is 43.6 Å². The Morgan fingerprint density at radius 2 is 1.97 bits per heavy atom. The number of aromatic amines is 1. The number of aromatic nitrogens is 5. The molecule has 0 aliphatic carbocycles. The molecule has 0 radical (unpaired) electrons. The average Bonchev–Trinajstić information content (AvgIpc) is 3.21. The van der Waals surface area contributed by atoms with Crippen LogP contribution in [-0.4, -0.2) is 72.8 Å². The van der Waals surface area contributed by atoms with Crippen molar-refractivity contribution in [1.82, 2.24) is 30.0 Å². The number of aryl methyl sites for hydroxylation is 1. The smallest absolute Gasteiger partial charge is 0.279 e. The normalized spacial score (nSPS) is 11.7. The molecule has 3 N–H and O–H groups in total. The van der Waals surface area contributed by atoms with Gasteiger partial charge in [0, 0.05) is 30.9 Å². The number of nitrogens with zero attached hydrogens (tertiary/aromatic N) is 5. The quantitative estimate of drug-likeness (QED) is 0.317. The number of sulfonamides is 1. The summed E-state index contributed by atoms with van der Waals surface area (Å²) in [5.74, 6) is 0.358. The lowest BCUT2D eigenvalue weighted by Crippen LogP contribution is -2.21. The molecule has 35 heavy (non-hydrogen) atoms. The fourth-order valence-corrected chi connectivity index (χ4v) is 4.36. The second kappa shape index (κ2) is 9.80. The zero-order valence-corrected chi connectivity index (χ0v) is 20.4. The molecule has 13 heteroatoms. The van der Waals surface area contributed by atoms with Crippen molar-refractivity contribution in [2.45, 2.75) is 11.9 Å². The minimum atomic E-state index is -4.14. The van der Waals surface area contributed by atoms with Gasteiger partial charge >= 0.3 is 0 Å². The van der Waals surface area contributed by atoms with E-state index in [9.17, 15) is 12.8 Å². The lowest BCUT2D eigenvalue weighted by atomic mass is 10.2. The molecule has 184 valence electrons. The molecule has 1 aromatic carbocycles. The number of nitrogens with one attached hydrogen (secondary N) is 3. The highest BCUT2D eigenvalue weighted by Gasteiger charge is 2.20. The first-order valence-corrected chi connectivity index (χ1v) is 12.1. The average molecular weight is 501 g/mol. The topological polar surface area (TPSA) is 138 Å². The van der Waals surface area contributed by atoms with Crippen LogP contribution in [0.2, 0.25) is 0 Å². The number of hydrogen-bond donors (Lipinski definition) is 3. The number of rotatable bonds is 9. The summed E-state index contributed by atoms with van der Waals surface area (Å²) < 4.78 is 47.6. The molecular weight excluding hydrogens is 475 g/mol. The number of benzene rings is 1. The van der Waals surface area contributed by atoms with Crippen LogP contribution in [-0.2, 0) is 10.0 Å². The fraction of sp³-hybridized carbons (Fsp3) is 0.273. The summed E-state index contributed by atoms with van der Waals surface area (Å²) in [6.45, 7) is 3.26. The van der Waals surface area contributed by atoms with Crippen molar-refractivity contribution in [1.29, 1.82) is 0 Å². The van der Waals surface area contributed by atoms with E-state index in [-0.39, 0.29) is 16.5 Å². The number of ether oxygens (including phenoxy) is 1. The lowest BCUT2D eigenvalue weighted by molar-refractivity contribution is 0.412. The zero-order valence-electron chi connectivity index (χ0n) is 19.6. The minimum Gasteiger partial charge on any atom is -0.497 e. The molecule has 0 bridgehead atoms. The molecule has 3 heterocycles. The van der Waals surface area contributed by atoms with Gasteiger partial charge in [0.15, 0.2) is 16.5 Å². The molecule has 0 aliphatic rings. The van der Waals surface area contributed by atoms with E-state index in [1.807, 2.05) is 25.9 Å². The molecule has 0 saturated heterocycles. The Morgan fingerprint density at radius 1 is 1.17 bits per heavy atom. The van der Waals surface area contributed by atoms with Gasteiger partial charge in [-0.25, -0.2) is 19.3 Å². The van der Waals surface area contributed by atoms with Gasteiger partial charge in [0.2, 0.25) is 0 Å². The van der Waals surface area contributed by atoms with Gasteiger partial charge < -0.3 is 15.0 Å². The third-order valence-corrected chi connectivity index (χ3v) is 6.40. The van der Waals surface area contributed by atoms with Gasteiger partial charge in [-0.2, -0.15) is 13.5 Å². The van der Waals surface area contributed by atoms with Crippen molar-refractivity contribution in [3.63, 3.8) is 0 Å². The molecule has 0 aliphatic heterocycles. The molecule has 0 amide bonds. The molecule has 0 spiro atoms. The van der Waals surface area contributed by atoms with Crippen molar-refractivity contribution in [2.24, 2.45) is 0 Å². The number of fused-ring (bicyclic) bond motifs is 1. The van der Waals surface area contributed by atoms with E-state index in [0.29, 0.717) is 29.3 Å². The highest BCUT2D eigenvalue weighted by Crippen LogP contribution is 2.28. The number of pyridine rings is 1. The van der Waals surface area contributed by atoms with Crippen LogP contribution in [0.1, 0.15) is 5.69 Å². The summed E-state index contributed by atoms with van der Waals surface area (Å²) >= 11 is 0. The highest BCUT2D eigenvalue weighted by molar-refractivity contribution is 7.92. The second-order valence-electron chi connectivity index (χ2n) is 7.99. The molecule has 0 atom stereocenters. The van der Waals surface area contributed by atoms with Gasteiger partial charge in [-0.1, -0.05) is 0 Å². The Kier molecular flexibility index (Phi) is 6.80. The van der Waals surface area contributed by atoms with Crippen molar-refractivity contribution < 1.29 is 17.5 Å². The van der Waals surface area contributed by atoms with E-state index in [0.717, 1.165) is 17.6 Å². The van der Waals surface area contributed by atoms with Gasteiger partial charge in [-0.3, -0.25) is 9.82 Å². The Bertz CT molecular complexity index is 1470. The highest BCUT2D eigenvalue weighted by atomic mass is 32.2. The number of H-pyrrole nitrogens is 1. The predicted molar refractivity (Wildman–Crippen MR) is 130 cm³/mol. The van der Waals surface area contributed by atoms with Crippen LogP contribution in [0.4, 0.5) is 15.9 Å². The maximum absolute atomic E-state index is 15.0. The summed E-state index contributed by atoms with van der Waals surface area (Å²) in [7, 11) is 1.21. The molecule has 0 saturated carbocycles. The molecule has 4 aromatic rings. The maximum atomic E-state index is 15.0. The Balaban J connectivity index is 1.64. The Labute approximate surface area is 201 Å². The van der Waals surface area contributed by atoms with Crippen LogP contribution in [0.15, 0.2) is 41.6 Å². The first-order valence-electron chi connectivity index (χ1n) is 10.6. The predicted octanol–water partition coefficient (Wildman–Crippen LogP) is 2.65. The zero-order chi connectivity index (χ0) is 25.2. The van der Waals surface area contributed by atoms with Crippen molar-refractivity contribution in [3.05, 3.63) is 48.0 Å². The number of methoxy groups -OCH3 is 1. The Morgan fingerprint density at radius 3 is 2.69 bits per heavy atom. The van der Waals surface area contributed by atoms with E-state index in [1.54, 1.807) is 0 Å². The van der Waals surface area contributed by atoms with Gasteiger partial charge in [-0.15, -0.1) is 0 Å². The summed E-state index contributed by atoms with van der Waals surface area (Å²) in [5.41, 5.74) is 1.38. The van der Waals surface area contributed by atoms with Crippen LogP contribution in [0.25, 0.3) is 22.4 Å². The van der Waals surface area contributed by atoms with Crippen LogP contribution in [0.5, 0.6) is 5.75 Å². The summed E-state index contributed by atoms with van der Waals surface area (Å²) in [6.07, 6.45) is 1.29. The first-order chi connectivity index (χ1) is 16.7. The third kappa shape index (κ3) is 5.30. The van der Waals surface area contributed by atoms with Crippen molar-refractivity contribution >= 4 is 32.6 Å². The van der Waals surface area contributed by atoms with E-state index in [2.05, 4.69) is 35.2 Å². The second-order valence-corrected chi connectivity index (χ2v) is 9.62. The standard InChI is InChI=1S/C22H25FN8O3S/c1-13-19-21(25-9-10-31(2)3)26-20(27-22(19)29-28-13)14-5-6-17(16(23)11-14)30-35(32,33)18-12-15(34-4)7-8-24-18/h5-8,11-12,30H,9-10H2,1-4H3,(H2,25,26,27,28,29). The molecule has 11 nitrogen and oxygen atoms in total. The van der Waals surface area contributed by atoms with Crippen LogP contribution < -0.4 is 14.8 Å². The molecule has 4 rings (SSSR count). The van der Waals surface area contributed by atoms with Crippen LogP contribution >= 0.6 is 0 Å². The van der Waals surface area contributed by atoms with Gasteiger partial charge in [0.1, 0.15) is 17.4 Å². The van der Waals surface area contributed by atoms with Crippen molar-refractivity contribution in [2.75, 3.05) is 44.3 Å². The fourth-order valence-electron chi connectivity index (χ4n) is 3.33. The first kappa shape index (κ1) is 24.3. The van der Waals surface area contributed by atoms with Crippen molar-refractivity contribution in [3.8, 4) is 17.1 Å². The number of likely N-dealkylation sites (N-methyl/N-ethyl adjacent to an activating group) is 1. The van der Waals surface area contributed by atoms with E-state index in [4.69, 9.17) is 4.74 Å². The number of hydrogen-bond acceptors (Lipinski definition) is 9. The van der Waals surface area contributed by atoms with E-state index < -0.39 is 15.8 Å². The van der Waals surface area contributed by atoms with Gasteiger partial charge in [-0.05, 0) is 45.3 Å². The van der Waals surface area contributed by atoms with Crippen LogP contribution in [0.3, 0.4) is 0 Å². The van der Waals surface area contributed by atoms with Gasteiger partial charge in [0.25, 0.3) is 10.0 Å². The number of anilines is 2. The SMILES string of the molecule is COc1ccnc(S(=O)(=O)Nc2ccc(-c3nc(NCCN(C)C)c4c(C)n[nH]c4n3)cc2F)c1. The maximum Gasteiger partial charge on any atom is 0.279 e. The number of halogens is 1. The van der Waals surface area contributed by atoms with E-state index >= 15 is 0 Å². The minimum absolute atomic E-state index is 0.235. The lowest BCUT2D eigenvalue weighted by Gasteiger charge is -2.13. The summed E-state index contributed by atoms with van der Waals surface area (Å²) in [4.78, 5) is 14.9. The summed E-state index contributed by atoms with van der Waals surface area (Å²) in [6, 6.07) is 6.77. The third-order valence-electron chi connectivity index (χ3n) is 5.14. The molecule has 3 aromatic heterocycles.